The van der Waals surface area contributed by atoms with E-state index in [2.05, 4.69) is 95.5 Å². The van der Waals surface area contributed by atoms with Crippen molar-refractivity contribution in [1.82, 2.24) is 9.13 Å². The topological polar surface area (TPSA) is 238 Å². The third-order valence-corrected chi connectivity index (χ3v) is 9.52. The normalized spacial score (nSPS) is 32.5. The lowest BCUT2D eigenvalue weighted by molar-refractivity contribution is -0.768. The van der Waals surface area contributed by atoms with Crippen LogP contribution >= 0.6 is 0 Å². The number of imidazole rings is 2. The van der Waals surface area contributed by atoms with Gasteiger partial charge in [-0.3, -0.25) is 0 Å². The number of aliphatic hydroxyl groups is 10. The lowest BCUT2D eigenvalue weighted by Gasteiger charge is -2.43. The summed E-state index contributed by atoms with van der Waals surface area (Å²) in [5, 5.41) is 91.6. The number of aryl methyl sites for hydroxylation is 2. The van der Waals surface area contributed by atoms with Gasteiger partial charge in [0.2, 0.25) is 6.33 Å². The summed E-state index contributed by atoms with van der Waals surface area (Å²) >= 11 is 0. The fourth-order valence-corrected chi connectivity index (χ4v) is 6.27. The van der Waals surface area contributed by atoms with Crippen LogP contribution in [0.15, 0.2) is 18.7 Å². The molecule has 4 heterocycles. The Morgan fingerprint density at radius 3 is 1.43 bits per heavy atom. The van der Waals surface area contributed by atoms with Gasteiger partial charge < -0.3 is 60.5 Å². The van der Waals surface area contributed by atoms with E-state index in [0.29, 0.717) is 0 Å². The average Bonchev–Trinajstić information content (AvgIpc) is 3.58. The number of ether oxygens (including phenoxy) is 2. The predicted octanol–water partition coefficient (Wildman–Crippen LogP) is -1.73. The van der Waals surface area contributed by atoms with Crippen molar-refractivity contribution in [1.29, 1.82) is 0 Å². The average molecular weight is 737 g/mol. The highest BCUT2D eigenvalue weighted by atomic mass is 16.7. The second-order valence-corrected chi connectivity index (χ2v) is 15.3. The zero-order valence-corrected chi connectivity index (χ0v) is 32.8. The molecule has 10 N–H and O–H groups in total. The van der Waals surface area contributed by atoms with Gasteiger partial charge in [0.15, 0.2) is 11.6 Å². The van der Waals surface area contributed by atoms with Gasteiger partial charge in [-0.05, 0) is 61.8 Å². The summed E-state index contributed by atoms with van der Waals surface area (Å²) in [6, 6.07) is 0. The summed E-state index contributed by atoms with van der Waals surface area (Å²) in [5.74, 6) is -2.54. The summed E-state index contributed by atoms with van der Waals surface area (Å²) < 4.78 is 18.6. The van der Waals surface area contributed by atoms with Crippen molar-refractivity contribution in [3.05, 3.63) is 35.9 Å². The van der Waals surface area contributed by atoms with Gasteiger partial charge in [-0.25, -0.2) is 18.3 Å². The monoisotopic (exact) mass is 736 g/mol. The smallest absolute Gasteiger partial charge is 0.254 e. The number of aromatic nitrogens is 4. The maximum Gasteiger partial charge on any atom is 0.254 e. The van der Waals surface area contributed by atoms with Gasteiger partial charge >= 0.3 is 0 Å². The molecule has 298 valence electrons. The highest BCUT2D eigenvalue weighted by molar-refractivity contribution is 5.10. The first-order chi connectivity index (χ1) is 23.2. The largest absolute Gasteiger partial charge is 0.394 e. The van der Waals surface area contributed by atoms with Crippen LogP contribution in [0.25, 0.3) is 0 Å². The van der Waals surface area contributed by atoms with Gasteiger partial charge in [0.25, 0.3) is 5.82 Å². The van der Waals surface area contributed by atoms with Crippen molar-refractivity contribution < 1.29 is 69.7 Å². The Bertz CT molecular complexity index is 1310. The van der Waals surface area contributed by atoms with Crippen molar-refractivity contribution >= 4 is 0 Å². The molecule has 0 bridgehead atoms. The van der Waals surface area contributed by atoms with E-state index >= 15 is 0 Å². The number of hydrogen-bond acceptors (Lipinski definition) is 12. The van der Waals surface area contributed by atoms with Crippen molar-refractivity contribution in [3.63, 3.8) is 0 Å². The Kier molecular flexibility index (Phi) is 16.9. The van der Waals surface area contributed by atoms with Crippen LogP contribution in [0.3, 0.4) is 0 Å². The zero-order chi connectivity index (χ0) is 40.0. The molecule has 2 fully saturated rings. The molecule has 0 aliphatic carbocycles. The summed E-state index contributed by atoms with van der Waals surface area (Å²) in [6.07, 6.45) is -3.93. The quantitative estimate of drug-likeness (QED) is 0.154. The molecule has 4 unspecified atom stereocenters. The molecule has 0 spiro atoms. The van der Waals surface area contributed by atoms with Crippen LogP contribution in [-0.2, 0) is 34.1 Å². The second-order valence-electron chi connectivity index (χ2n) is 15.3. The molecule has 2 aliphatic rings. The minimum atomic E-state index is -1.95. The van der Waals surface area contributed by atoms with Gasteiger partial charge in [-0.1, -0.05) is 6.92 Å². The highest BCUT2D eigenvalue weighted by Crippen LogP contribution is 2.28. The van der Waals surface area contributed by atoms with E-state index in [4.69, 9.17) is 19.7 Å². The van der Waals surface area contributed by atoms with E-state index in [1.165, 1.54) is 17.2 Å². The van der Waals surface area contributed by atoms with E-state index in [1.807, 2.05) is 17.8 Å². The lowest BCUT2D eigenvalue weighted by Crippen LogP contribution is -2.63. The number of hydrogen-bond donors (Lipinski definition) is 10. The van der Waals surface area contributed by atoms with Gasteiger partial charge in [0.05, 0.1) is 26.8 Å². The minimum Gasteiger partial charge on any atom is -0.394 e. The van der Waals surface area contributed by atoms with E-state index in [0.717, 1.165) is 26.8 Å². The fourth-order valence-electron chi connectivity index (χ4n) is 6.27. The molecular formula is C35H68N4O12+2. The van der Waals surface area contributed by atoms with Crippen LogP contribution < -0.4 is 9.13 Å². The van der Waals surface area contributed by atoms with Gasteiger partial charge in [-0.2, -0.15) is 0 Å². The first-order valence-corrected chi connectivity index (χ1v) is 17.4. The molecule has 0 radical (unpaired) electrons. The van der Waals surface area contributed by atoms with Crippen LogP contribution in [0.1, 0.15) is 85.9 Å². The number of nitrogens with zero attached hydrogens (tertiary/aromatic N) is 4. The zero-order valence-electron chi connectivity index (χ0n) is 32.8. The summed E-state index contributed by atoms with van der Waals surface area (Å²) in [4.78, 5) is 0. The van der Waals surface area contributed by atoms with E-state index < -0.39 is 73.6 Å². The van der Waals surface area contributed by atoms with Crippen LogP contribution in [-0.4, -0.2) is 134 Å². The molecule has 0 aromatic carbocycles. The lowest BCUT2D eigenvalue weighted by atomic mass is 9.94. The van der Waals surface area contributed by atoms with Crippen molar-refractivity contribution in [2.45, 2.75) is 168 Å². The Morgan fingerprint density at radius 2 is 1.18 bits per heavy atom. The molecule has 2 aromatic heterocycles. The Morgan fingerprint density at radius 1 is 0.765 bits per heavy atom. The standard InChI is InChI=1S/C15H29N2.2C7H14O6.C6H11N2/c1-10-15(8,9)17-12(3)11(2)16(13(17)4)14(5,6)7;2*1-7(12)6(11)5(10)4(9)3(2-8)13-7;1-3-8-5-4-7(2)6-8/h10H2,1-9H3;2*3-6,8-12H,2H2,1H3;4-6H,3H2,1-2H3/q+1;;;+1/t;2*3?,4-,5+,6+,7?;/m.11./s1. The van der Waals surface area contributed by atoms with E-state index in [9.17, 15) is 40.9 Å². The van der Waals surface area contributed by atoms with Crippen molar-refractivity contribution in [3.8, 4) is 0 Å². The summed E-state index contributed by atoms with van der Waals surface area (Å²) in [5.41, 5.74) is 3.12. The number of aliphatic hydroxyl groups excluding tert-OH is 8. The van der Waals surface area contributed by atoms with Gasteiger partial charge in [0.1, 0.15) is 83.7 Å². The van der Waals surface area contributed by atoms with Crippen LogP contribution in [0, 0.1) is 20.8 Å². The summed E-state index contributed by atoms with van der Waals surface area (Å²) in [7, 11) is 2.02. The fraction of sp³-hybridized carbons (Fsp3) is 0.829. The molecule has 0 amide bonds. The molecule has 10 atom stereocenters. The molecular weight excluding hydrogens is 668 g/mol. The van der Waals surface area contributed by atoms with Crippen LogP contribution in [0.2, 0.25) is 0 Å². The molecule has 4 rings (SSSR count). The maximum atomic E-state index is 9.38. The highest BCUT2D eigenvalue weighted by Gasteiger charge is 2.50. The molecule has 51 heavy (non-hydrogen) atoms. The molecule has 2 aliphatic heterocycles. The first-order valence-electron chi connectivity index (χ1n) is 17.4. The second kappa shape index (κ2) is 18.3. The SMILES string of the molecule is CC1(O)OC(CO)[C@@H](O)[C@H](O)[C@@H]1O.CC1(O)OC(CO)[C@@H](O)[C@H](O)[C@@H]1O.CCC(C)(C)[n+]1c(C)c(C)n(C(C)(C)C)c1C.CCn1cc[n+](C)c1. The molecule has 16 nitrogen and oxygen atoms in total. The Hall–Kier alpha value is -2.06. The molecule has 2 saturated heterocycles. The van der Waals surface area contributed by atoms with Gasteiger partial charge in [0, 0.05) is 20.8 Å². The van der Waals surface area contributed by atoms with Crippen LogP contribution in [0.5, 0.6) is 0 Å². The molecule has 16 heteroatoms. The summed E-state index contributed by atoms with van der Waals surface area (Å²) in [6.45, 7) is 24.8. The van der Waals surface area contributed by atoms with Crippen molar-refractivity contribution in [2.24, 2.45) is 7.05 Å². The minimum absolute atomic E-state index is 0.147. The molecule has 2 aromatic rings. The van der Waals surface area contributed by atoms with Gasteiger partial charge in [-0.15, -0.1) is 0 Å². The Labute approximate surface area is 302 Å². The molecule has 0 saturated carbocycles. The first kappa shape index (κ1) is 47.0. The predicted molar refractivity (Wildman–Crippen MR) is 186 cm³/mol. The maximum absolute atomic E-state index is 9.38. The van der Waals surface area contributed by atoms with E-state index in [1.54, 1.807) is 0 Å². The van der Waals surface area contributed by atoms with E-state index in [-0.39, 0.29) is 11.1 Å². The third kappa shape index (κ3) is 11.5. The number of rotatable bonds is 5. The van der Waals surface area contributed by atoms with Crippen molar-refractivity contribution in [2.75, 3.05) is 13.2 Å². The Balaban J connectivity index is 0.000000349. The van der Waals surface area contributed by atoms with Crippen LogP contribution in [0.4, 0.5) is 0 Å². The third-order valence-electron chi connectivity index (χ3n) is 9.52.